The van der Waals surface area contributed by atoms with Crippen LogP contribution in [0.4, 0.5) is 0 Å². The molecule has 1 N–H and O–H groups in total. The second-order valence-electron chi connectivity index (χ2n) is 6.16. The van der Waals surface area contributed by atoms with E-state index in [-0.39, 0.29) is 18.0 Å². The maximum atomic E-state index is 12.8. The Labute approximate surface area is 157 Å². The van der Waals surface area contributed by atoms with Crippen molar-refractivity contribution < 1.29 is 4.79 Å². The molecule has 7 nitrogen and oxygen atoms in total. The Bertz CT molecular complexity index is 1030. The zero-order chi connectivity index (χ0) is 19.4. The average molecular weight is 363 g/mol. The zero-order valence-electron chi connectivity index (χ0n) is 15.3. The number of nitrogens with zero attached hydrogens (tertiary/aromatic N) is 4. The lowest BCUT2D eigenvalue weighted by Gasteiger charge is -2.14. The van der Waals surface area contributed by atoms with E-state index >= 15 is 0 Å². The van der Waals surface area contributed by atoms with Gasteiger partial charge in [0.2, 0.25) is 11.9 Å². The molecule has 0 aliphatic carbocycles. The minimum atomic E-state index is -0.319. The number of hydrogen-bond donors (Lipinski definition) is 1. The van der Waals surface area contributed by atoms with Crippen LogP contribution in [0.5, 0.6) is 0 Å². The summed E-state index contributed by atoms with van der Waals surface area (Å²) in [5.74, 6) is 0.00903. The summed E-state index contributed by atoms with van der Waals surface area (Å²) in [6, 6.07) is 12.8. The molecule has 0 fully saturated rings. The molecule has 27 heavy (non-hydrogen) atoms. The molecule has 2 heterocycles. The number of amides is 1. The van der Waals surface area contributed by atoms with Gasteiger partial charge in [-0.15, -0.1) is 6.58 Å². The average Bonchev–Trinajstić information content (AvgIpc) is 3.00. The number of benzene rings is 1. The number of aryl methyl sites for hydroxylation is 2. The van der Waals surface area contributed by atoms with Crippen LogP contribution in [0.2, 0.25) is 0 Å². The van der Waals surface area contributed by atoms with Crippen molar-refractivity contribution in [2.75, 3.05) is 6.54 Å². The predicted molar refractivity (Wildman–Crippen MR) is 104 cm³/mol. The lowest BCUT2D eigenvalue weighted by atomic mass is 10.1. The molecule has 7 heteroatoms. The third kappa shape index (κ3) is 4.03. The maximum absolute atomic E-state index is 12.8. The Balaban J connectivity index is 2.14. The second-order valence-corrected chi connectivity index (χ2v) is 6.16. The van der Waals surface area contributed by atoms with Crippen molar-refractivity contribution in [3.63, 3.8) is 0 Å². The first-order valence-corrected chi connectivity index (χ1v) is 8.58. The van der Waals surface area contributed by atoms with Gasteiger partial charge in [-0.3, -0.25) is 14.2 Å². The predicted octanol–water partition coefficient (Wildman–Crippen LogP) is 2.02. The highest BCUT2D eigenvalue weighted by Gasteiger charge is 2.17. The molecule has 0 bridgehead atoms. The van der Waals surface area contributed by atoms with Gasteiger partial charge in [-0.2, -0.15) is 5.10 Å². The Morgan fingerprint density at radius 2 is 1.96 bits per heavy atom. The number of nitrogens with one attached hydrogen (secondary N) is 1. The van der Waals surface area contributed by atoms with Crippen molar-refractivity contribution in [1.29, 1.82) is 0 Å². The highest BCUT2D eigenvalue weighted by Crippen LogP contribution is 2.17. The Morgan fingerprint density at radius 3 is 2.59 bits per heavy atom. The van der Waals surface area contributed by atoms with E-state index < -0.39 is 0 Å². The summed E-state index contributed by atoms with van der Waals surface area (Å²) in [6.45, 7) is 7.50. The smallest absolute Gasteiger partial charge is 0.256 e. The van der Waals surface area contributed by atoms with Crippen LogP contribution < -0.4 is 10.9 Å². The number of carbonyl (C=O) groups excluding carboxylic acids is 1. The van der Waals surface area contributed by atoms with Gasteiger partial charge in [-0.05, 0) is 19.9 Å². The molecule has 2 aromatic heterocycles. The van der Waals surface area contributed by atoms with E-state index in [2.05, 4.69) is 22.0 Å². The molecule has 3 rings (SSSR count). The highest BCUT2D eigenvalue weighted by atomic mass is 16.2. The molecule has 0 saturated carbocycles. The van der Waals surface area contributed by atoms with Gasteiger partial charge in [0.25, 0.3) is 5.56 Å². The number of rotatable bonds is 6. The Kier molecular flexibility index (Phi) is 5.30. The van der Waals surface area contributed by atoms with E-state index in [0.29, 0.717) is 18.2 Å². The van der Waals surface area contributed by atoms with Crippen LogP contribution >= 0.6 is 0 Å². The second kappa shape index (κ2) is 7.82. The zero-order valence-corrected chi connectivity index (χ0v) is 15.3. The fraction of sp³-hybridized carbons (Fsp3) is 0.200. The highest BCUT2D eigenvalue weighted by molar-refractivity contribution is 5.76. The molecule has 138 valence electrons. The van der Waals surface area contributed by atoms with E-state index in [1.54, 1.807) is 10.8 Å². The van der Waals surface area contributed by atoms with Crippen LogP contribution in [-0.4, -0.2) is 31.8 Å². The minimum absolute atomic E-state index is 0.150. The van der Waals surface area contributed by atoms with Crippen molar-refractivity contribution in [2.24, 2.45) is 0 Å². The molecule has 0 aliphatic heterocycles. The van der Waals surface area contributed by atoms with Gasteiger partial charge in [0, 0.05) is 23.9 Å². The van der Waals surface area contributed by atoms with Crippen LogP contribution in [0.1, 0.15) is 11.4 Å². The quantitative estimate of drug-likeness (QED) is 0.679. The maximum Gasteiger partial charge on any atom is 0.256 e. The first-order valence-electron chi connectivity index (χ1n) is 8.58. The minimum Gasteiger partial charge on any atom is -0.351 e. The molecule has 3 aromatic rings. The standard InChI is InChI=1S/C20H21N5O2/c1-4-10-21-18(26)13-24-19(27)12-17(16-8-6-5-7-9-16)22-20(24)25-15(3)11-14(2)23-25/h4-9,11-12H,1,10,13H2,2-3H3,(H,21,26). The van der Waals surface area contributed by atoms with E-state index in [4.69, 9.17) is 0 Å². The van der Waals surface area contributed by atoms with Crippen molar-refractivity contribution in [1.82, 2.24) is 24.6 Å². The van der Waals surface area contributed by atoms with Crippen molar-refractivity contribution in [3.8, 4) is 17.2 Å². The normalized spacial score (nSPS) is 10.6. The van der Waals surface area contributed by atoms with Crippen molar-refractivity contribution in [2.45, 2.75) is 20.4 Å². The largest absolute Gasteiger partial charge is 0.351 e. The van der Waals surface area contributed by atoms with Gasteiger partial charge in [0.15, 0.2) is 0 Å². The van der Waals surface area contributed by atoms with Gasteiger partial charge in [-0.25, -0.2) is 9.67 Å². The monoisotopic (exact) mass is 363 g/mol. The fourth-order valence-electron chi connectivity index (χ4n) is 2.78. The number of hydrogen-bond acceptors (Lipinski definition) is 4. The summed E-state index contributed by atoms with van der Waals surface area (Å²) in [7, 11) is 0. The summed E-state index contributed by atoms with van der Waals surface area (Å²) in [5, 5.41) is 7.11. The first kappa shape index (κ1) is 18.3. The van der Waals surface area contributed by atoms with Crippen molar-refractivity contribution >= 4 is 5.91 Å². The summed E-state index contributed by atoms with van der Waals surface area (Å²) in [5.41, 5.74) is 2.66. The van der Waals surface area contributed by atoms with Crippen LogP contribution in [-0.2, 0) is 11.3 Å². The van der Waals surface area contributed by atoms with Crippen LogP contribution in [0.15, 0.2) is 59.9 Å². The van der Waals surface area contributed by atoms with E-state index in [9.17, 15) is 9.59 Å². The molecular weight excluding hydrogens is 342 g/mol. The third-order valence-corrected chi connectivity index (χ3v) is 4.00. The van der Waals surface area contributed by atoms with E-state index in [1.165, 1.54) is 10.6 Å². The van der Waals surface area contributed by atoms with Gasteiger partial charge in [-0.1, -0.05) is 36.4 Å². The molecule has 0 radical (unpaired) electrons. The van der Waals surface area contributed by atoms with Gasteiger partial charge in [0.05, 0.1) is 11.4 Å². The summed E-state index contributed by atoms with van der Waals surface area (Å²) < 4.78 is 2.91. The fourth-order valence-corrected chi connectivity index (χ4v) is 2.78. The summed E-state index contributed by atoms with van der Waals surface area (Å²) >= 11 is 0. The van der Waals surface area contributed by atoms with Gasteiger partial charge in [0.1, 0.15) is 6.54 Å². The molecule has 0 spiro atoms. The van der Waals surface area contributed by atoms with Crippen LogP contribution in [0.25, 0.3) is 17.2 Å². The topological polar surface area (TPSA) is 81.8 Å². The van der Waals surface area contributed by atoms with Crippen LogP contribution in [0.3, 0.4) is 0 Å². The van der Waals surface area contributed by atoms with E-state index in [0.717, 1.165) is 17.0 Å². The first-order chi connectivity index (χ1) is 13.0. The Hall–Kier alpha value is -3.48. The molecular formula is C20H21N5O2. The van der Waals surface area contributed by atoms with Crippen LogP contribution in [0, 0.1) is 13.8 Å². The lowest BCUT2D eigenvalue weighted by molar-refractivity contribution is -0.121. The van der Waals surface area contributed by atoms with Gasteiger partial charge >= 0.3 is 0 Å². The SMILES string of the molecule is C=CCNC(=O)Cn1c(-n2nc(C)cc2C)nc(-c2ccccc2)cc1=O. The molecule has 0 saturated heterocycles. The molecule has 0 unspecified atom stereocenters. The summed E-state index contributed by atoms with van der Waals surface area (Å²) in [6.07, 6.45) is 1.58. The van der Waals surface area contributed by atoms with E-state index in [1.807, 2.05) is 50.2 Å². The lowest BCUT2D eigenvalue weighted by Crippen LogP contribution is -2.35. The van der Waals surface area contributed by atoms with Gasteiger partial charge < -0.3 is 5.32 Å². The molecule has 0 atom stereocenters. The molecule has 1 aromatic carbocycles. The molecule has 0 aliphatic rings. The molecule has 1 amide bonds. The Morgan fingerprint density at radius 1 is 1.22 bits per heavy atom. The number of carbonyl (C=O) groups is 1. The van der Waals surface area contributed by atoms with Crippen molar-refractivity contribution in [3.05, 3.63) is 76.9 Å². The third-order valence-electron chi connectivity index (χ3n) is 4.00. The number of aromatic nitrogens is 4. The summed E-state index contributed by atoms with van der Waals surface area (Å²) in [4.78, 5) is 29.6.